The van der Waals surface area contributed by atoms with Crippen LogP contribution in [0.4, 0.5) is 13.2 Å². The molecule has 0 bridgehead atoms. The summed E-state index contributed by atoms with van der Waals surface area (Å²) >= 11 is 0. The van der Waals surface area contributed by atoms with Crippen molar-refractivity contribution < 1.29 is 27.6 Å². The predicted molar refractivity (Wildman–Crippen MR) is 143 cm³/mol. The van der Waals surface area contributed by atoms with Crippen LogP contribution in [0.1, 0.15) is 86.5 Å². The molecule has 8 heteroatoms. The van der Waals surface area contributed by atoms with Gasteiger partial charge in [0.1, 0.15) is 12.6 Å². The van der Waals surface area contributed by atoms with Gasteiger partial charge in [-0.15, -0.1) is 0 Å². The number of carbonyl (C=O) groups is 3. The molecule has 5 aliphatic rings. The molecule has 1 unspecified atom stereocenters. The SMILES string of the molecule is C[C@@H]1C(=O)C(C#N)=C[C@]2(C)C3=CC(=O)C4[C@H]5CC(C)(C)CC[C@]5(C(=O)NCC(F)(F)F)CC[C@@]4(C)[C@]3(C)CC[C@@H]12. The lowest BCUT2D eigenvalue weighted by Crippen LogP contribution is -2.66. The van der Waals surface area contributed by atoms with E-state index in [-0.39, 0.29) is 40.3 Å². The molecule has 5 rings (SSSR count). The largest absolute Gasteiger partial charge is 0.405 e. The maximum absolute atomic E-state index is 14.4. The lowest BCUT2D eigenvalue weighted by Gasteiger charge is -2.68. The van der Waals surface area contributed by atoms with Crippen LogP contribution in [0.2, 0.25) is 0 Å². The lowest BCUT2D eigenvalue weighted by molar-refractivity contribution is -0.180. The Kier molecular flexibility index (Phi) is 6.39. The molecule has 3 fully saturated rings. The highest BCUT2D eigenvalue weighted by atomic mass is 19.4. The van der Waals surface area contributed by atoms with Crippen LogP contribution in [0.15, 0.2) is 23.3 Å². The van der Waals surface area contributed by atoms with Crippen molar-refractivity contribution in [2.75, 3.05) is 6.54 Å². The van der Waals surface area contributed by atoms with Gasteiger partial charge in [0.25, 0.3) is 0 Å². The van der Waals surface area contributed by atoms with Gasteiger partial charge in [-0.1, -0.05) is 53.2 Å². The number of rotatable bonds is 2. The van der Waals surface area contributed by atoms with Crippen LogP contribution in [0.5, 0.6) is 0 Å². The van der Waals surface area contributed by atoms with Gasteiger partial charge in [0.2, 0.25) is 5.91 Å². The van der Waals surface area contributed by atoms with Gasteiger partial charge in [0.15, 0.2) is 11.6 Å². The Morgan fingerprint density at radius 3 is 2.33 bits per heavy atom. The number of carbonyl (C=O) groups excluding carboxylic acids is 3. The van der Waals surface area contributed by atoms with Crippen LogP contribution in [0, 0.1) is 62.1 Å². The molecule has 218 valence electrons. The molecule has 0 aromatic carbocycles. The standard InChI is InChI=1S/C32H41F3N2O3/c1-18-20-7-8-29(5)23(28(20,4)14-19(16-36)25(18)39)13-22(38)24-21-15-27(2,3)9-11-31(21,12-10-30(24,29)6)26(40)37-17-32(33,34)35/h13-14,18,20-21,24H,7-12,15,17H2,1-6H3,(H,37,40)/t18-,20-,21+,24?,28-,29+,30+,31-/m0/s1. The van der Waals surface area contributed by atoms with E-state index in [0.29, 0.717) is 32.1 Å². The number of nitrogens with zero attached hydrogens (tertiary/aromatic N) is 1. The number of Topliss-reactive ketones (excluding diaryl/α,β-unsaturated/α-hetero) is 1. The molecule has 0 heterocycles. The summed E-state index contributed by atoms with van der Waals surface area (Å²) in [6, 6.07) is 2.09. The number of hydrogen-bond acceptors (Lipinski definition) is 4. The van der Waals surface area contributed by atoms with Crippen molar-refractivity contribution in [2.24, 2.45) is 50.7 Å². The van der Waals surface area contributed by atoms with Crippen molar-refractivity contribution in [1.82, 2.24) is 5.32 Å². The zero-order chi connectivity index (χ0) is 29.7. The van der Waals surface area contributed by atoms with Crippen molar-refractivity contribution in [1.29, 1.82) is 5.26 Å². The van der Waals surface area contributed by atoms with Crippen LogP contribution in [-0.4, -0.2) is 30.2 Å². The van der Waals surface area contributed by atoms with Crippen molar-refractivity contribution in [2.45, 2.75) is 92.7 Å². The Hall–Kier alpha value is -2.43. The number of hydrogen-bond donors (Lipinski definition) is 1. The first-order chi connectivity index (χ1) is 18.4. The monoisotopic (exact) mass is 558 g/mol. The minimum atomic E-state index is -4.51. The van der Waals surface area contributed by atoms with E-state index in [1.165, 1.54) is 0 Å². The van der Waals surface area contributed by atoms with Crippen LogP contribution in [0.3, 0.4) is 0 Å². The second-order valence-corrected chi connectivity index (χ2v) is 14.9. The molecular formula is C32H41F3N2O3. The van der Waals surface area contributed by atoms with Gasteiger partial charge in [0.05, 0.1) is 11.0 Å². The third kappa shape index (κ3) is 3.89. The zero-order valence-corrected chi connectivity index (χ0v) is 24.4. The molecular weight excluding hydrogens is 517 g/mol. The normalized spacial score (nSPS) is 44.1. The Bertz CT molecular complexity index is 1270. The first-order valence-corrected chi connectivity index (χ1v) is 14.6. The summed E-state index contributed by atoms with van der Waals surface area (Å²) in [6.07, 6.45) is 3.36. The minimum Gasteiger partial charge on any atom is -0.346 e. The molecule has 0 saturated heterocycles. The molecule has 3 saturated carbocycles. The molecule has 0 aliphatic heterocycles. The Balaban J connectivity index is 1.63. The van der Waals surface area contributed by atoms with E-state index in [2.05, 4.69) is 46.0 Å². The average molecular weight is 559 g/mol. The van der Waals surface area contributed by atoms with Crippen LogP contribution >= 0.6 is 0 Å². The number of halogens is 3. The van der Waals surface area contributed by atoms with E-state index in [9.17, 15) is 32.8 Å². The molecule has 0 aromatic rings. The second kappa shape index (κ2) is 8.79. The van der Waals surface area contributed by atoms with E-state index in [1.54, 1.807) is 12.2 Å². The summed E-state index contributed by atoms with van der Waals surface area (Å²) < 4.78 is 39.3. The summed E-state index contributed by atoms with van der Waals surface area (Å²) in [4.78, 5) is 40.9. The molecule has 5 aliphatic carbocycles. The summed E-state index contributed by atoms with van der Waals surface area (Å²) in [5, 5.41) is 12.0. The highest BCUT2D eigenvalue weighted by molar-refractivity contribution is 6.02. The molecule has 40 heavy (non-hydrogen) atoms. The lowest BCUT2D eigenvalue weighted by atomic mass is 9.34. The highest BCUT2D eigenvalue weighted by Crippen LogP contribution is 2.73. The smallest absolute Gasteiger partial charge is 0.346 e. The maximum Gasteiger partial charge on any atom is 0.405 e. The fraction of sp³-hybridized carbons (Fsp3) is 0.750. The topological polar surface area (TPSA) is 87.0 Å². The molecule has 8 atom stereocenters. The van der Waals surface area contributed by atoms with Gasteiger partial charge in [-0.25, -0.2) is 0 Å². The fourth-order valence-corrected chi connectivity index (χ4v) is 10.0. The van der Waals surface area contributed by atoms with Crippen molar-refractivity contribution in [3.8, 4) is 6.07 Å². The highest BCUT2D eigenvalue weighted by Gasteiger charge is 2.70. The van der Waals surface area contributed by atoms with Crippen molar-refractivity contribution in [3.05, 3.63) is 23.3 Å². The van der Waals surface area contributed by atoms with Crippen LogP contribution in [-0.2, 0) is 14.4 Å². The third-order valence-electron chi connectivity index (χ3n) is 12.4. The number of ketones is 2. The summed E-state index contributed by atoms with van der Waals surface area (Å²) in [7, 11) is 0. The summed E-state index contributed by atoms with van der Waals surface area (Å²) in [5.41, 5.74) is -1.60. The van der Waals surface area contributed by atoms with E-state index in [4.69, 9.17) is 0 Å². The molecule has 1 N–H and O–H groups in total. The number of nitrogens with one attached hydrogen (secondary N) is 1. The maximum atomic E-state index is 14.4. The van der Waals surface area contributed by atoms with E-state index in [0.717, 1.165) is 18.4 Å². The van der Waals surface area contributed by atoms with Gasteiger partial charge < -0.3 is 5.32 Å². The number of fused-ring (bicyclic) bond motifs is 7. The van der Waals surface area contributed by atoms with Crippen molar-refractivity contribution in [3.63, 3.8) is 0 Å². The number of allylic oxidation sites excluding steroid dienone is 4. The summed E-state index contributed by atoms with van der Waals surface area (Å²) in [6.45, 7) is 11.2. The van der Waals surface area contributed by atoms with Crippen LogP contribution in [0.25, 0.3) is 0 Å². The van der Waals surface area contributed by atoms with Gasteiger partial charge in [-0.2, -0.15) is 18.4 Å². The van der Waals surface area contributed by atoms with Crippen molar-refractivity contribution >= 4 is 17.5 Å². The molecule has 5 nitrogen and oxygen atoms in total. The quantitative estimate of drug-likeness (QED) is 0.420. The summed E-state index contributed by atoms with van der Waals surface area (Å²) in [5.74, 6) is -1.99. The van der Waals surface area contributed by atoms with Crippen LogP contribution < -0.4 is 5.32 Å². The third-order valence-corrected chi connectivity index (χ3v) is 12.4. The Morgan fingerprint density at radius 2 is 1.70 bits per heavy atom. The minimum absolute atomic E-state index is 0.0196. The van der Waals surface area contributed by atoms with E-state index < -0.39 is 46.2 Å². The molecule has 1 amide bonds. The fourth-order valence-electron chi connectivity index (χ4n) is 10.0. The Labute approximate surface area is 235 Å². The van der Waals surface area contributed by atoms with Gasteiger partial charge in [0, 0.05) is 17.3 Å². The van der Waals surface area contributed by atoms with Gasteiger partial charge in [-0.05, 0) is 79.1 Å². The Morgan fingerprint density at radius 1 is 1.05 bits per heavy atom. The zero-order valence-electron chi connectivity index (χ0n) is 24.4. The first-order valence-electron chi connectivity index (χ1n) is 14.6. The van der Waals surface area contributed by atoms with Gasteiger partial charge >= 0.3 is 6.18 Å². The van der Waals surface area contributed by atoms with E-state index in [1.807, 2.05) is 6.92 Å². The first kappa shape index (κ1) is 29.1. The predicted octanol–water partition coefficient (Wildman–Crippen LogP) is 6.49. The number of amides is 1. The molecule has 0 radical (unpaired) electrons. The number of nitriles is 1. The van der Waals surface area contributed by atoms with Gasteiger partial charge in [-0.3, -0.25) is 14.4 Å². The second-order valence-electron chi connectivity index (χ2n) is 14.9. The average Bonchev–Trinajstić information content (AvgIpc) is 2.85. The number of alkyl halides is 3. The van der Waals surface area contributed by atoms with E-state index >= 15 is 0 Å². The molecule has 0 spiro atoms. The molecule has 0 aromatic heterocycles.